The fourth-order valence-electron chi connectivity index (χ4n) is 1.10. The first-order valence-corrected chi connectivity index (χ1v) is 3.41. The van der Waals surface area contributed by atoms with Crippen molar-refractivity contribution in [1.29, 1.82) is 0 Å². The van der Waals surface area contributed by atoms with E-state index in [4.69, 9.17) is 5.11 Å². The molecule has 2 rings (SSSR count). The van der Waals surface area contributed by atoms with E-state index in [1.54, 1.807) is 12.4 Å². The van der Waals surface area contributed by atoms with E-state index >= 15 is 0 Å². The lowest BCUT2D eigenvalue weighted by Gasteiger charge is -1.88. The van der Waals surface area contributed by atoms with Crippen molar-refractivity contribution in [3.63, 3.8) is 0 Å². The van der Waals surface area contributed by atoms with Gasteiger partial charge in [0.15, 0.2) is 0 Å². The number of hydrogen-bond donors (Lipinski definition) is 1. The molecule has 0 aliphatic carbocycles. The molecule has 56 valence electrons. The lowest BCUT2D eigenvalue weighted by atomic mass is 10.3. The summed E-state index contributed by atoms with van der Waals surface area (Å²) in [6.45, 7) is 0.0850. The van der Waals surface area contributed by atoms with Crippen molar-refractivity contribution in [3.05, 3.63) is 36.4 Å². The van der Waals surface area contributed by atoms with Crippen molar-refractivity contribution in [3.8, 4) is 0 Å². The Labute approximate surface area is 63.9 Å². The van der Waals surface area contributed by atoms with Crippen molar-refractivity contribution >= 4 is 5.52 Å². The van der Waals surface area contributed by atoms with Crippen LogP contribution in [0, 0.1) is 0 Å². The lowest BCUT2D eigenvalue weighted by Crippen LogP contribution is -1.80. The highest BCUT2D eigenvalue weighted by Crippen LogP contribution is 2.07. The van der Waals surface area contributed by atoms with E-state index in [0.717, 1.165) is 11.1 Å². The summed E-state index contributed by atoms with van der Waals surface area (Å²) in [5.74, 6) is 0. The largest absolute Gasteiger partial charge is 0.392 e. The van der Waals surface area contributed by atoms with E-state index in [2.05, 4.69) is 4.98 Å². The molecule has 2 aromatic rings. The van der Waals surface area contributed by atoms with Crippen LogP contribution in [-0.4, -0.2) is 14.5 Å². The van der Waals surface area contributed by atoms with Gasteiger partial charge in [-0.15, -0.1) is 0 Å². The van der Waals surface area contributed by atoms with Crippen molar-refractivity contribution < 1.29 is 5.11 Å². The summed E-state index contributed by atoms with van der Waals surface area (Å²) in [5, 5.41) is 8.80. The Bertz CT molecular complexity index is 334. The van der Waals surface area contributed by atoms with E-state index in [1.165, 1.54) is 0 Å². The van der Waals surface area contributed by atoms with E-state index in [1.807, 2.05) is 22.9 Å². The smallest absolute Gasteiger partial charge is 0.0696 e. The van der Waals surface area contributed by atoms with Gasteiger partial charge < -0.3 is 9.51 Å². The molecule has 0 aliphatic heterocycles. The molecule has 0 saturated heterocycles. The van der Waals surface area contributed by atoms with E-state index in [-0.39, 0.29) is 6.61 Å². The summed E-state index contributed by atoms with van der Waals surface area (Å²) in [5.41, 5.74) is 1.93. The van der Waals surface area contributed by atoms with Crippen LogP contribution in [0.5, 0.6) is 0 Å². The molecule has 1 N–H and O–H groups in total. The second-order valence-corrected chi connectivity index (χ2v) is 2.41. The highest BCUT2D eigenvalue weighted by Gasteiger charge is 1.95. The number of aliphatic hydroxyl groups is 1. The zero-order valence-corrected chi connectivity index (χ0v) is 5.94. The number of hydrogen-bond acceptors (Lipinski definition) is 2. The first kappa shape index (κ1) is 6.37. The average Bonchev–Trinajstić information content (AvgIpc) is 2.46. The fraction of sp³-hybridized carbons (Fsp3) is 0.125. The third-order valence-electron chi connectivity index (χ3n) is 1.64. The summed E-state index contributed by atoms with van der Waals surface area (Å²) in [6, 6.07) is 1.91. The molecule has 3 heteroatoms. The van der Waals surface area contributed by atoms with Crippen LogP contribution < -0.4 is 0 Å². The maximum atomic E-state index is 8.80. The quantitative estimate of drug-likeness (QED) is 0.650. The molecule has 0 amide bonds. The third kappa shape index (κ3) is 0.991. The minimum Gasteiger partial charge on any atom is -0.392 e. The molecule has 2 aromatic heterocycles. The van der Waals surface area contributed by atoms with Gasteiger partial charge in [-0.25, -0.2) is 0 Å². The van der Waals surface area contributed by atoms with Gasteiger partial charge in [-0.3, -0.25) is 4.98 Å². The number of nitrogens with zero attached hydrogens (tertiary/aromatic N) is 2. The van der Waals surface area contributed by atoms with Crippen molar-refractivity contribution in [2.24, 2.45) is 0 Å². The molecule has 0 aliphatic rings. The maximum absolute atomic E-state index is 8.80. The van der Waals surface area contributed by atoms with Crippen LogP contribution in [0.4, 0.5) is 0 Å². The fourth-order valence-corrected chi connectivity index (χ4v) is 1.10. The van der Waals surface area contributed by atoms with Crippen molar-refractivity contribution in [2.45, 2.75) is 6.61 Å². The minimum atomic E-state index is 0.0850. The number of rotatable bonds is 1. The maximum Gasteiger partial charge on any atom is 0.0696 e. The topological polar surface area (TPSA) is 37.5 Å². The van der Waals surface area contributed by atoms with Gasteiger partial charge >= 0.3 is 0 Å². The third-order valence-corrected chi connectivity index (χ3v) is 1.64. The highest BCUT2D eigenvalue weighted by atomic mass is 16.3. The van der Waals surface area contributed by atoms with Crippen molar-refractivity contribution in [1.82, 2.24) is 9.38 Å². The Balaban J connectivity index is 2.69. The molecule has 2 heterocycles. The molecule has 0 fully saturated rings. The standard InChI is InChI=1S/C8H8N2O/c11-6-7-3-8-4-9-1-2-10(8)5-7/h1-5,11H,6H2. The van der Waals surface area contributed by atoms with Crippen LogP contribution in [0.2, 0.25) is 0 Å². The summed E-state index contributed by atoms with van der Waals surface area (Å²) in [4.78, 5) is 3.96. The molecular formula is C8H8N2O. The van der Waals surface area contributed by atoms with Gasteiger partial charge in [0.25, 0.3) is 0 Å². The number of aliphatic hydroxyl groups excluding tert-OH is 1. The minimum absolute atomic E-state index is 0.0850. The molecule has 0 unspecified atom stereocenters. The second kappa shape index (κ2) is 2.36. The van der Waals surface area contributed by atoms with E-state index in [0.29, 0.717) is 0 Å². The molecule has 0 aromatic carbocycles. The highest BCUT2D eigenvalue weighted by molar-refractivity contribution is 5.47. The molecule has 3 nitrogen and oxygen atoms in total. The second-order valence-electron chi connectivity index (χ2n) is 2.41. The van der Waals surface area contributed by atoms with Crippen molar-refractivity contribution in [2.75, 3.05) is 0 Å². The average molecular weight is 148 g/mol. The zero-order chi connectivity index (χ0) is 7.68. The molecule has 11 heavy (non-hydrogen) atoms. The van der Waals surface area contributed by atoms with Crippen LogP contribution in [0.1, 0.15) is 5.56 Å². The predicted octanol–water partition coefficient (Wildman–Crippen LogP) is 0.827. The summed E-state index contributed by atoms with van der Waals surface area (Å²) < 4.78 is 1.93. The van der Waals surface area contributed by atoms with Crippen LogP contribution >= 0.6 is 0 Å². The number of aromatic nitrogens is 2. The summed E-state index contributed by atoms with van der Waals surface area (Å²) >= 11 is 0. The Morgan fingerprint density at radius 3 is 3.18 bits per heavy atom. The van der Waals surface area contributed by atoms with Crippen LogP contribution in [-0.2, 0) is 6.61 Å². The molecule has 0 spiro atoms. The zero-order valence-electron chi connectivity index (χ0n) is 5.94. The molecule has 0 atom stereocenters. The molecule has 0 bridgehead atoms. The van der Waals surface area contributed by atoms with Crippen LogP contribution in [0.15, 0.2) is 30.9 Å². The van der Waals surface area contributed by atoms with Gasteiger partial charge in [0.1, 0.15) is 0 Å². The summed E-state index contributed by atoms with van der Waals surface area (Å²) in [6.07, 6.45) is 7.22. The van der Waals surface area contributed by atoms with Gasteiger partial charge in [-0.05, 0) is 11.6 Å². The molecular weight excluding hydrogens is 140 g/mol. The van der Waals surface area contributed by atoms with E-state index in [9.17, 15) is 0 Å². The summed E-state index contributed by atoms with van der Waals surface area (Å²) in [7, 11) is 0. The van der Waals surface area contributed by atoms with Gasteiger partial charge in [-0.1, -0.05) is 0 Å². The van der Waals surface area contributed by atoms with Gasteiger partial charge in [0.2, 0.25) is 0 Å². The van der Waals surface area contributed by atoms with Crippen LogP contribution in [0.25, 0.3) is 5.52 Å². The van der Waals surface area contributed by atoms with E-state index < -0.39 is 0 Å². The van der Waals surface area contributed by atoms with Gasteiger partial charge in [-0.2, -0.15) is 0 Å². The predicted molar refractivity (Wildman–Crippen MR) is 41.1 cm³/mol. The lowest BCUT2D eigenvalue weighted by molar-refractivity contribution is 0.282. The first-order valence-electron chi connectivity index (χ1n) is 3.41. The SMILES string of the molecule is OCc1cc2cnccn2c1. The molecule has 0 radical (unpaired) electrons. The Morgan fingerprint density at radius 2 is 2.45 bits per heavy atom. The van der Waals surface area contributed by atoms with Gasteiger partial charge in [0, 0.05) is 18.6 Å². The van der Waals surface area contributed by atoms with Gasteiger partial charge in [0.05, 0.1) is 18.3 Å². The molecule has 0 saturated carbocycles. The van der Waals surface area contributed by atoms with Crippen LogP contribution in [0.3, 0.4) is 0 Å². The Morgan fingerprint density at radius 1 is 1.55 bits per heavy atom. The Kier molecular flexibility index (Phi) is 1.36. The number of fused-ring (bicyclic) bond motifs is 1. The normalized spacial score (nSPS) is 10.6. The Hall–Kier alpha value is -1.35. The first-order chi connectivity index (χ1) is 5.40. The monoisotopic (exact) mass is 148 g/mol.